The lowest BCUT2D eigenvalue weighted by Crippen LogP contribution is -2.05. The van der Waals surface area contributed by atoms with E-state index < -0.39 is 0 Å². The monoisotopic (exact) mass is 191 g/mol. The zero-order valence-corrected chi connectivity index (χ0v) is 8.07. The number of hydrogen-bond donors (Lipinski definition) is 1. The van der Waals surface area contributed by atoms with E-state index in [1.807, 2.05) is 31.2 Å². The van der Waals surface area contributed by atoms with Crippen molar-refractivity contribution in [3.05, 3.63) is 29.8 Å². The maximum absolute atomic E-state index is 11.4. The molecule has 3 heteroatoms. The van der Waals surface area contributed by atoms with Gasteiger partial charge >= 0.3 is 5.97 Å². The Bertz CT molecular complexity index is 345. The van der Waals surface area contributed by atoms with Crippen molar-refractivity contribution in [2.45, 2.75) is 25.4 Å². The van der Waals surface area contributed by atoms with Crippen LogP contribution in [0.3, 0.4) is 0 Å². The highest BCUT2D eigenvalue weighted by molar-refractivity contribution is 5.80. The second-order valence-electron chi connectivity index (χ2n) is 3.70. The molecule has 1 saturated heterocycles. The summed E-state index contributed by atoms with van der Waals surface area (Å²) in [7, 11) is 0. The number of nitrogen functional groups attached to an aromatic ring is 1. The number of benzene rings is 1. The first-order valence-corrected chi connectivity index (χ1v) is 4.73. The summed E-state index contributed by atoms with van der Waals surface area (Å²) >= 11 is 0. The topological polar surface area (TPSA) is 52.3 Å². The molecule has 1 aromatic carbocycles. The van der Waals surface area contributed by atoms with Crippen LogP contribution in [-0.2, 0) is 9.53 Å². The molecule has 2 N–H and O–H groups in total. The molecule has 0 aromatic heterocycles. The number of hydrogen-bond acceptors (Lipinski definition) is 3. The Morgan fingerprint density at radius 2 is 2.00 bits per heavy atom. The van der Waals surface area contributed by atoms with Gasteiger partial charge in [-0.3, -0.25) is 4.79 Å². The molecule has 1 aromatic rings. The highest BCUT2D eigenvalue weighted by Gasteiger charge is 2.32. The lowest BCUT2D eigenvalue weighted by atomic mass is 9.96. The van der Waals surface area contributed by atoms with E-state index in [0.717, 1.165) is 12.0 Å². The molecule has 14 heavy (non-hydrogen) atoms. The first-order chi connectivity index (χ1) is 6.66. The van der Waals surface area contributed by atoms with Crippen molar-refractivity contribution in [3.8, 4) is 0 Å². The summed E-state index contributed by atoms with van der Waals surface area (Å²) in [6.45, 7) is 1.91. The van der Waals surface area contributed by atoms with E-state index in [0.29, 0.717) is 5.69 Å². The van der Waals surface area contributed by atoms with E-state index in [2.05, 4.69) is 0 Å². The molecule has 0 aliphatic carbocycles. The van der Waals surface area contributed by atoms with Crippen LogP contribution in [0.4, 0.5) is 5.69 Å². The molecule has 0 radical (unpaired) electrons. The lowest BCUT2D eigenvalue weighted by molar-refractivity contribution is -0.141. The lowest BCUT2D eigenvalue weighted by Gasteiger charge is -2.05. The van der Waals surface area contributed by atoms with Gasteiger partial charge in [-0.05, 0) is 24.6 Å². The average Bonchev–Trinajstić information content (AvgIpc) is 2.47. The highest BCUT2D eigenvalue weighted by atomic mass is 16.5. The summed E-state index contributed by atoms with van der Waals surface area (Å²) in [5.41, 5.74) is 7.28. The van der Waals surface area contributed by atoms with E-state index in [1.54, 1.807) is 0 Å². The van der Waals surface area contributed by atoms with Gasteiger partial charge in [0.2, 0.25) is 0 Å². The standard InChI is InChI=1S/C11H13NO2/c1-7-6-10(11(13)14-7)8-2-4-9(12)5-3-8/h2-5,7,10H,6,12H2,1H3. The van der Waals surface area contributed by atoms with Crippen molar-refractivity contribution >= 4 is 11.7 Å². The average molecular weight is 191 g/mol. The van der Waals surface area contributed by atoms with Crippen LogP contribution in [-0.4, -0.2) is 12.1 Å². The van der Waals surface area contributed by atoms with Crippen LogP contribution in [0.1, 0.15) is 24.8 Å². The summed E-state index contributed by atoms with van der Waals surface area (Å²) < 4.78 is 5.09. The van der Waals surface area contributed by atoms with Crippen molar-refractivity contribution < 1.29 is 9.53 Å². The predicted octanol–water partition coefficient (Wildman–Crippen LogP) is 1.69. The van der Waals surface area contributed by atoms with Crippen molar-refractivity contribution in [3.63, 3.8) is 0 Å². The molecular weight excluding hydrogens is 178 g/mol. The van der Waals surface area contributed by atoms with Gasteiger partial charge in [0.05, 0.1) is 5.92 Å². The molecule has 1 aliphatic heterocycles. The Morgan fingerprint density at radius 3 is 2.50 bits per heavy atom. The third-order valence-corrected chi connectivity index (χ3v) is 2.51. The number of anilines is 1. The number of carbonyl (C=O) groups is 1. The van der Waals surface area contributed by atoms with E-state index in [9.17, 15) is 4.79 Å². The van der Waals surface area contributed by atoms with Crippen molar-refractivity contribution in [1.82, 2.24) is 0 Å². The number of nitrogens with two attached hydrogens (primary N) is 1. The van der Waals surface area contributed by atoms with Gasteiger partial charge in [-0.25, -0.2) is 0 Å². The molecule has 0 saturated carbocycles. The Balaban J connectivity index is 2.23. The van der Waals surface area contributed by atoms with Crippen LogP contribution >= 0.6 is 0 Å². The van der Waals surface area contributed by atoms with E-state index in [1.165, 1.54) is 0 Å². The van der Waals surface area contributed by atoms with Crippen LogP contribution in [0, 0.1) is 0 Å². The zero-order valence-electron chi connectivity index (χ0n) is 8.07. The van der Waals surface area contributed by atoms with Gasteiger partial charge in [0, 0.05) is 12.1 Å². The molecule has 2 rings (SSSR count). The molecule has 0 amide bonds. The summed E-state index contributed by atoms with van der Waals surface area (Å²) in [6.07, 6.45) is 0.799. The Kier molecular flexibility index (Phi) is 2.15. The van der Waals surface area contributed by atoms with Gasteiger partial charge in [-0.2, -0.15) is 0 Å². The van der Waals surface area contributed by atoms with Crippen LogP contribution in [0.5, 0.6) is 0 Å². The van der Waals surface area contributed by atoms with Gasteiger partial charge in [-0.1, -0.05) is 12.1 Å². The quantitative estimate of drug-likeness (QED) is 0.543. The summed E-state index contributed by atoms with van der Waals surface area (Å²) in [5, 5.41) is 0. The van der Waals surface area contributed by atoms with Crippen molar-refractivity contribution in [1.29, 1.82) is 0 Å². The van der Waals surface area contributed by atoms with Gasteiger partial charge in [0.25, 0.3) is 0 Å². The van der Waals surface area contributed by atoms with Gasteiger partial charge in [-0.15, -0.1) is 0 Å². The molecule has 1 fully saturated rings. The van der Waals surface area contributed by atoms with Crippen LogP contribution in [0.15, 0.2) is 24.3 Å². The Hall–Kier alpha value is -1.51. The number of carbonyl (C=O) groups excluding carboxylic acids is 1. The maximum Gasteiger partial charge on any atom is 0.313 e. The Labute approximate surface area is 82.9 Å². The van der Waals surface area contributed by atoms with Gasteiger partial charge in [0.1, 0.15) is 6.10 Å². The maximum atomic E-state index is 11.4. The molecule has 1 aliphatic rings. The molecule has 0 bridgehead atoms. The second kappa shape index (κ2) is 3.33. The van der Waals surface area contributed by atoms with E-state index in [-0.39, 0.29) is 18.0 Å². The normalized spacial score (nSPS) is 26.2. The number of ether oxygens (including phenoxy) is 1. The molecule has 2 atom stereocenters. The third-order valence-electron chi connectivity index (χ3n) is 2.51. The molecular formula is C11H13NO2. The SMILES string of the molecule is CC1CC(c2ccc(N)cc2)C(=O)O1. The first kappa shape index (κ1) is 9.06. The molecule has 3 nitrogen and oxygen atoms in total. The Morgan fingerprint density at radius 1 is 1.36 bits per heavy atom. The van der Waals surface area contributed by atoms with Crippen LogP contribution in [0.2, 0.25) is 0 Å². The molecule has 0 spiro atoms. The van der Waals surface area contributed by atoms with Crippen LogP contribution in [0.25, 0.3) is 0 Å². The van der Waals surface area contributed by atoms with Crippen LogP contribution < -0.4 is 5.73 Å². The summed E-state index contributed by atoms with van der Waals surface area (Å²) in [4.78, 5) is 11.4. The van der Waals surface area contributed by atoms with Crippen molar-refractivity contribution in [2.24, 2.45) is 0 Å². The van der Waals surface area contributed by atoms with Gasteiger partial charge in [0.15, 0.2) is 0 Å². The minimum absolute atomic E-state index is 0.0325. The molecule has 74 valence electrons. The number of esters is 1. The first-order valence-electron chi connectivity index (χ1n) is 4.73. The smallest absolute Gasteiger partial charge is 0.313 e. The number of cyclic esters (lactones) is 1. The van der Waals surface area contributed by atoms with E-state index >= 15 is 0 Å². The fourth-order valence-electron chi connectivity index (χ4n) is 1.76. The third kappa shape index (κ3) is 1.58. The molecule has 2 unspecified atom stereocenters. The second-order valence-corrected chi connectivity index (χ2v) is 3.70. The minimum atomic E-state index is -0.123. The molecule has 1 heterocycles. The predicted molar refractivity (Wildman–Crippen MR) is 53.8 cm³/mol. The van der Waals surface area contributed by atoms with Crippen molar-refractivity contribution in [2.75, 3.05) is 5.73 Å². The number of rotatable bonds is 1. The highest BCUT2D eigenvalue weighted by Crippen LogP contribution is 2.30. The zero-order chi connectivity index (χ0) is 10.1. The summed E-state index contributed by atoms with van der Waals surface area (Å²) in [6, 6.07) is 7.40. The fourth-order valence-corrected chi connectivity index (χ4v) is 1.76. The summed E-state index contributed by atoms with van der Waals surface area (Å²) in [5.74, 6) is -0.229. The van der Waals surface area contributed by atoms with Gasteiger partial charge < -0.3 is 10.5 Å². The fraction of sp³-hybridized carbons (Fsp3) is 0.364. The minimum Gasteiger partial charge on any atom is -0.462 e. The largest absolute Gasteiger partial charge is 0.462 e. The van der Waals surface area contributed by atoms with E-state index in [4.69, 9.17) is 10.5 Å².